The first-order chi connectivity index (χ1) is 13.5. The average molecular weight is 444 g/mol. The molecule has 0 aliphatic carbocycles. The number of carbonyl (C=O) groups is 2. The number of imide groups is 1. The normalized spacial score (nSPS) is 20.0. The van der Waals surface area contributed by atoms with Crippen LogP contribution in [0.4, 0.5) is 17.1 Å². The van der Waals surface area contributed by atoms with Crippen LogP contribution in [0, 0.1) is 6.92 Å². The monoisotopic (exact) mass is 443 g/mol. The Kier molecular flexibility index (Phi) is 5.37. The molecule has 4 rings (SSSR count). The highest BCUT2D eigenvalue weighted by atomic mass is 79.9. The lowest BCUT2D eigenvalue weighted by atomic mass is 10.2. The van der Waals surface area contributed by atoms with E-state index in [4.69, 9.17) is 4.74 Å². The number of halogens is 1. The quantitative estimate of drug-likeness (QED) is 0.734. The van der Waals surface area contributed by atoms with Crippen LogP contribution in [0.3, 0.4) is 0 Å². The summed E-state index contributed by atoms with van der Waals surface area (Å²) in [5.41, 5.74) is 3.61. The minimum absolute atomic E-state index is 0.143. The van der Waals surface area contributed by atoms with Crippen LogP contribution >= 0.6 is 15.9 Å². The summed E-state index contributed by atoms with van der Waals surface area (Å²) in [5, 5.41) is 3.21. The molecule has 6 nitrogen and oxygen atoms in total. The zero-order valence-corrected chi connectivity index (χ0v) is 17.2. The Balaban J connectivity index is 1.46. The van der Waals surface area contributed by atoms with Gasteiger partial charge in [-0.25, -0.2) is 4.90 Å². The zero-order chi connectivity index (χ0) is 19.7. The van der Waals surface area contributed by atoms with Crippen molar-refractivity contribution < 1.29 is 14.3 Å². The number of hydrogen-bond acceptors (Lipinski definition) is 5. The Hall–Kier alpha value is -2.38. The van der Waals surface area contributed by atoms with Crippen LogP contribution in [0.5, 0.6) is 0 Å². The van der Waals surface area contributed by atoms with Gasteiger partial charge in [0.25, 0.3) is 5.91 Å². The molecule has 7 heteroatoms. The van der Waals surface area contributed by atoms with Gasteiger partial charge in [0.15, 0.2) is 0 Å². The maximum Gasteiger partial charge on any atom is 0.256 e. The number of hydrogen-bond donors (Lipinski definition) is 1. The highest BCUT2D eigenvalue weighted by molar-refractivity contribution is 9.10. The fourth-order valence-electron chi connectivity index (χ4n) is 3.58. The highest BCUT2D eigenvalue weighted by Gasteiger charge is 2.40. The summed E-state index contributed by atoms with van der Waals surface area (Å²) in [6, 6.07) is 13.0. The van der Waals surface area contributed by atoms with Gasteiger partial charge in [0.2, 0.25) is 5.91 Å². The molecule has 0 spiro atoms. The third kappa shape index (κ3) is 3.77. The molecule has 0 bridgehead atoms. The van der Waals surface area contributed by atoms with E-state index >= 15 is 0 Å². The summed E-state index contributed by atoms with van der Waals surface area (Å²) in [7, 11) is 0. The number of morpholine rings is 1. The molecule has 0 saturated carbocycles. The summed E-state index contributed by atoms with van der Waals surface area (Å²) in [6.07, 6.45) is 0.143. The van der Waals surface area contributed by atoms with Crippen LogP contribution in [0.15, 0.2) is 46.9 Å². The predicted octanol–water partition coefficient (Wildman–Crippen LogP) is 3.34. The molecule has 2 aromatic carbocycles. The Morgan fingerprint density at radius 3 is 2.46 bits per heavy atom. The van der Waals surface area contributed by atoms with E-state index in [-0.39, 0.29) is 18.2 Å². The lowest BCUT2D eigenvalue weighted by Crippen LogP contribution is -2.36. The van der Waals surface area contributed by atoms with Crippen molar-refractivity contribution in [3.05, 3.63) is 52.5 Å². The Morgan fingerprint density at radius 2 is 1.79 bits per heavy atom. The molecule has 2 aliphatic heterocycles. The number of anilines is 3. The van der Waals surface area contributed by atoms with E-state index in [0.717, 1.165) is 47.7 Å². The summed E-state index contributed by atoms with van der Waals surface area (Å²) in [5.74, 6) is -0.427. The van der Waals surface area contributed by atoms with Gasteiger partial charge in [-0.2, -0.15) is 0 Å². The molecule has 146 valence electrons. The average Bonchev–Trinajstić information content (AvgIpc) is 2.97. The molecular weight excluding hydrogens is 422 g/mol. The second-order valence-electron chi connectivity index (χ2n) is 7.07. The molecule has 0 unspecified atom stereocenters. The van der Waals surface area contributed by atoms with Gasteiger partial charge in [-0.05, 0) is 64.8 Å². The zero-order valence-electron chi connectivity index (χ0n) is 15.7. The maximum atomic E-state index is 12.9. The van der Waals surface area contributed by atoms with Crippen LogP contribution in [-0.2, 0) is 14.3 Å². The number of benzene rings is 2. The maximum absolute atomic E-state index is 12.9. The Labute approximate surface area is 172 Å². The van der Waals surface area contributed by atoms with E-state index in [1.165, 1.54) is 4.90 Å². The number of aryl methyl sites for hydroxylation is 1. The van der Waals surface area contributed by atoms with E-state index in [1.807, 2.05) is 43.3 Å². The lowest BCUT2D eigenvalue weighted by Gasteiger charge is -2.29. The fourth-order valence-corrected chi connectivity index (χ4v) is 4.25. The van der Waals surface area contributed by atoms with Gasteiger partial charge in [-0.3, -0.25) is 9.59 Å². The highest BCUT2D eigenvalue weighted by Crippen LogP contribution is 2.32. The van der Waals surface area contributed by atoms with Crippen LogP contribution in [0.2, 0.25) is 0 Å². The second-order valence-corrected chi connectivity index (χ2v) is 7.92. The molecule has 2 aliphatic rings. The van der Waals surface area contributed by atoms with Crippen LogP contribution in [-0.4, -0.2) is 44.2 Å². The number of amides is 2. The van der Waals surface area contributed by atoms with Crippen molar-refractivity contribution in [2.24, 2.45) is 0 Å². The minimum atomic E-state index is -0.560. The van der Waals surface area contributed by atoms with Gasteiger partial charge in [-0.1, -0.05) is 6.07 Å². The largest absolute Gasteiger partial charge is 0.378 e. The Morgan fingerprint density at radius 1 is 1.07 bits per heavy atom. The smallest absolute Gasteiger partial charge is 0.256 e. The number of carbonyl (C=O) groups excluding carboxylic acids is 2. The van der Waals surface area contributed by atoms with Crippen molar-refractivity contribution in [3.63, 3.8) is 0 Å². The SMILES string of the molecule is Cc1ccc(N2C(=O)C[C@H](Nc3ccc(N4CCOCC4)cc3)C2=O)c(Br)c1. The van der Waals surface area contributed by atoms with Crippen LogP contribution in [0.1, 0.15) is 12.0 Å². The first-order valence-corrected chi connectivity index (χ1v) is 10.1. The lowest BCUT2D eigenvalue weighted by molar-refractivity contribution is -0.121. The summed E-state index contributed by atoms with van der Waals surface area (Å²) in [6.45, 7) is 5.20. The topological polar surface area (TPSA) is 61.9 Å². The third-order valence-electron chi connectivity index (χ3n) is 5.08. The Bertz CT molecular complexity index is 894. The van der Waals surface area contributed by atoms with Crippen molar-refractivity contribution in [2.75, 3.05) is 41.4 Å². The van der Waals surface area contributed by atoms with Gasteiger partial charge in [0.1, 0.15) is 6.04 Å². The van der Waals surface area contributed by atoms with Crippen molar-refractivity contribution >= 4 is 44.8 Å². The standard InChI is InChI=1S/C21H22BrN3O3/c1-14-2-7-19(17(22)12-14)25-20(26)13-18(21(25)27)23-15-3-5-16(6-4-15)24-8-10-28-11-9-24/h2-7,12,18,23H,8-11,13H2,1H3/t18-/m0/s1. The molecular formula is C21H22BrN3O3. The van der Waals surface area contributed by atoms with Crippen molar-refractivity contribution in [1.82, 2.24) is 0 Å². The fraction of sp³-hybridized carbons (Fsp3) is 0.333. The molecule has 2 heterocycles. The molecule has 28 heavy (non-hydrogen) atoms. The molecule has 1 atom stereocenters. The van der Waals surface area contributed by atoms with E-state index < -0.39 is 6.04 Å². The predicted molar refractivity (Wildman–Crippen MR) is 113 cm³/mol. The van der Waals surface area contributed by atoms with E-state index in [9.17, 15) is 9.59 Å². The van der Waals surface area contributed by atoms with E-state index in [1.54, 1.807) is 6.07 Å². The number of rotatable bonds is 4. The molecule has 2 aromatic rings. The number of nitrogens with one attached hydrogen (secondary N) is 1. The van der Waals surface area contributed by atoms with Gasteiger partial charge in [0.05, 0.1) is 25.3 Å². The number of ether oxygens (including phenoxy) is 1. The first-order valence-electron chi connectivity index (χ1n) is 9.35. The van der Waals surface area contributed by atoms with Gasteiger partial charge < -0.3 is 15.0 Å². The van der Waals surface area contributed by atoms with E-state index in [2.05, 4.69) is 26.1 Å². The number of nitrogens with zero attached hydrogens (tertiary/aromatic N) is 2. The van der Waals surface area contributed by atoms with Crippen molar-refractivity contribution in [1.29, 1.82) is 0 Å². The minimum Gasteiger partial charge on any atom is -0.378 e. The first kappa shape index (κ1) is 19.0. The summed E-state index contributed by atoms with van der Waals surface area (Å²) in [4.78, 5) is 28.9. The van der Waals surface area contributed by atoms with Crippen LogP contribution in [0.25, 0.3) is 0 Å². The molecule has 1 N–H and O–H groups in total. The van der Waals surface area contributed by atoms with Crippen molar-refractivity contribution in [3.8, 4) is 0 Å². The molecule has 2 saturated heterocycles. The van der Waals surface area contributed by atoms with Gasteiger partial charge >= 0.3 is 0 Å². The van der Waals surface area contributed by atoms with E-state index in [0.29, 0.717) is 5.69 Å². The van der Waals surface area contributed by atoms with Crippen LogP contribution < -0.4 is 15.1 Å². The molecule has 2 fully saturated rings. The van der Waals surface area contributed by atoms with Crippen molar-refractivity contribution in [2.45, 2.75) is 19.4 Å². The summed E-state index contributed by atoms with van der Waals surface area (Å²) >= 11 is 3.46. The molecule has 0 radical (unpaired) electrons. The third-order valence-corrected chi connectivity index (χ3v) is 5.71. The molecule has 0 aromatic heterocycles. The molecule has 2 amide bonds. The van der Waals surface area contributed by atoms with Gasteiger partial charge in [-0.15, -0.1) is 0 Å². The van der Waals surface area contributed by atoms with Gasteiger partial charge in [0, 0.05) is 28.9 Å². The summed E-state index contributed by atoms with van der Waals surface area (Å²) < 4.78 is 6.13. The second kappa shape index (κ2) is 7.93.